The first-order valence-corrected chi connectivity index (χ1v) is 11.7. The highest BCUT2D eigenvalue weighted by atomic mass is 16.5. The number of hydrogen-bond donors (Lipinski definition) is 0. The van der Waals surface area contributed by atoms with Crippen LogP contribution in [0.2, 0.25) is 0 Å². The Morgan fingerprint density at radius 1 is 0.622 bits per heavy atom. The van der Waals surface area contributed by atoms with E-state index in [-0.39, 0.29) is 5.97 Å². The number of esters is 3. The second-order valence-electron chi connectivity index (χ2n) is 9.74. The van der Waals surface area contributed by atoms with Crippen LogP contribution in [0.5, 0.6) is 17.2 Å². The van der Waals surface area contributed by atoms with Crippen molar-refractivity contribution in [2.75, 3.05) is 0 Å². The molecular formula is C31H30O6. The lowest BCUT2D eigenvalue weighted by Crippen LogP contribution is -2.25. The van der Waals surface area contributed by atoms with E-state index in [0.29, 0.717) is 34.0 Å². The van der Waals surface area contributed by atoms with Gasteiger partial charge in [-0.05, 0) is 87.7 Å². The van der Waals surface area contributed by atoms with Crippen LogP contribution in [-0.2, 0) is 14.4 Å². The molecule has 0 saturated heterocycles. The third-order valence-corrected chi connectivity index (χ3v) is 5.27. The average molecular weight is 499 g/mol. The first kappa shape index (κ1) is 27.1. The molecule has 0 bridgehead atoms. The Balaban J connectivity index is 1.98. The molecule has 190 valence electrons. The topological polar surface area (TPSA) is 78.9 Å². The van der Waals surface area contributed by atoms with Crippen molar-refractivity contribution in [1.82, 2.24) is 0 Å². The molecule has 3 aromatic rings. The van der Waals surface area contributed by atoms with Gasteiger partial charge in [-0.3, -0.25) is 4.79 Å². The van der Waals surface area contributed by atoms with Gasteiger partial charge in [-0.1, -0.05) is 43.5 Å². The van der Waals surface area contributed by atoms with Gasteiger partial charge in [0.25, 0.3) is 0 Å². The van der Waals surface area contributed by atoms with Gasteiger partial charge in [0, 0.05) is 16.7 Å². The molecule has 0 N–H and O–H groups in total. The molecule has 0 aromatic heterocycles. The van der Waals surface area contributed by atoms with Gasteiger partial charge in [0.05, 0.1) is 5.41 Å². The van der Waals surface area contributed by atoms with Crippen molar-refractivity contribution in [2.45, 2.75) is 34.6 Å². The van der Waals surface area contributed by atoms with E-state index in [4.69, 9.17) is 14.2 Å². The lowest BCUT2D eigenvalue weighted by atomic mass is 9.96. The molecule has 0 aliphatic heterocycles. The van der Waals surface area contributed by atoms with Crippen molar-refractivity contribution in [3.8, 4) is 39.5 Å². The minimum absolute atomic E-state index is 0.300. The normalized spacial score (nSPS) is 10.8. The summed E-state index contributed by atoms with van der Waals surface area (Å²) in [5.74, 6) is -0.169. The van der Waals surface area contributed by atoms with Gasteiger partial charge in [-0.2, -0.15) is 0 Å². The summed E-state index contributed by atoms with van der Waals surface area (Å²) in [4.78, 5) is 36.3. The maximum Gasteiger partial charge on any atom is 0.338 e. The van der Waals surface area contributed by atoms with Crippen LogP contribution in [0.4, 0.5) is 0 Å². The average Bonchev–Trinajstić information content (AvgIpc) is 2.84. The van der Waals surface area contributed by atoms with Crippen LogP contribution in [0.1, 0.15) is 34.6 Å². The lowest BCUT2D eigenvalue weighted by Gasteiger charge is -2.19. The fraction of sp³-hybridized carbons (Fsp3) is 0.194. The molecular weight excluding hydrogens is 468 g/mol. The van der Waals surface area contributed by atoms with Crippen LogP contribution < -0.4 is 14.2 Å². The SMILES string of the molecule is C=C(C)C(=O)Oc1ccc(-c2ccc(OC(=O)C(C)(C)C)c(-c3ccc(OC(=O)C(=C)C)cc3)c2)cc1. The van der Waals surface area contributed by atoms with Gasteiger partial charge in [0.1, 0.15) is 17.2 Å². The quantitative estimate of drug-likeness (QED) is 0.200. The first-order chi connectivity index (χ1) is 17.3. The van der Waals surface area contributed by atoms with Gasteiger partial charge in [-0.15, -0.1) is 0 Å². The standard InChI is InChI=1S/C31H30O6/c1-19(2)28(32)35-24-13-8-21(9-14-24)23-12-17-27(37-30(34)31(5,6)7)26(18-23)22-10-15-25(16-11-22)36-29(33)20(3)4/h8-18H,1,3H2,2,4-7H3. The summed E-state index contributed by atoms with van der Waals surface area (Å²) in [6.45, 7) is 15.7. The van der Waals surface area contributed by atoms with Crippen molar-refractivity contribution in [3.63, 3.8) is 0 Å². The summed E-state index contributed by atoms with van der Waals surface area (Å²) < 4.78 is 16.3. The van der Waals surface area contributed by atoms with E-state index in [2.05, 4.69) is 13.2 Å². The molecule has 0 saturated carbocycles. The second kappa shape index (κ2) is 11.1. The van der Waals surface area contributed by atoms with Crippen LogP contribution in [-0.4, -0.2) is 17.9 Å². The molecule has 0 fully saturated rings. The Morgan fingerprint density at radius 2 is 1.05 bits per heavy atom. The van der Waals surface area contributed by atoms with E-state index in [1.807, 2.05) is 24.3 Å². The molecule has 3 rings (SSSR count). The number of rotatable bonds is 7. The van der Waals surface area contributed by atoms with Crippen LogP contribution in [0.3, 0.4) is 0 Å². The number of hydrogen-bond acceptors (Lipinski definition) is 6. The van der Waals surface area contributed by atoms with Gasteiger partial charge in [-0.25, -0.2) is 9.59 Å². The monoisotopic (exact) mass is 498 g/mol. The Bertz CT molecular complexity index is 1360. The van der Waals surface area contributed by atoms with Crippen LogP contribution in [0, 0.1) is 5.41 Å². The molecule has 0 amide bonds. The molecule has 0 aliphatic rings. The molecule has 0 radical (unpaired) electrons. The van der Waals surface area contributed by atoms with E-state index in [1.54, 1.807) is 77.1 Å². The van der Waals surface area contributed by atoms with Gasteiger partial charge in [0.2, 0.25) is 0 Å². The maximum atomic E-state index is 12.6. The predicted octanol–water partition coefficient (Wildman–Crippen LogP) is 6.94. The molecule has 6 heteroatoms. The number of carbonyl (C=O) groups excluding carboxylic acids is 3. The highest BCUT2D eigenvalue weighted by Gasteiger charge is 2.25. The summed E-state index contributed by atoms with van der Waals surface area (Å²) in [5, 5.41) is 0. The summed E-state index contributed by atoms with van der Waals surface area (Å²) in [6.07, 6.45) is 0. The number of carbonyl (C=O) groups is 3. The Kier molecular flexibility index (Phi) is 8.13. The van der Waals surface area contributed by atoms with E-state index < -0.39 is 17.4 Å². The molecule has 0 spiro atoms. The zero-order chi connectivity index (χ0) is 27.3. The van der Waals surface area contributed by atoms with E-state index >= 15 is 0 Å². The number of ether oxygens (including phenoxy) is 3. The van der Waals surface area contributed by atoms with E-state index in [9.17, 15) is 14.4 Å². The number of benzene rings is 3. The molecule has 0 heterocycles. The second-order valence-corrected chi connectivity index (χ2v) is 9.74. The molecule has 0 unspecified atom stereocenters. The molecule has 0 aliphatic carbocycles. The fourth-order valence-corrected chi connectivity index (χ4v) is 3.08. The minimum atomic E-state index is -0.687. The van der Waals surface area contributed by atoms with E-state index in [1.165, 1.54) is 0 Å². The van der Waals surface area contributed by atoms with Gasteiger partial charge in [0.15, 0.2) is 0 Å². The zero-order valence-electron chi connectivity index (χ0n) is 21.7. The third-order valence-electron chi connectivity index (χ3n) is 5.27. The van der Waals surface area contributed by atoms with Crippen molar-refractivity contribution in [3.05, 3.63) is 91.0 Å². The highest BCUT2D eigenvalue weighted by molar-refractivity contribution is 5.89. The lowest BCUT2D eigenvalue weighted by molar-refractivity contribution is -0.143. The zero-order valence-corrected chi connectivity index (χ0v) is 21.7. The van der Waals surface area contributed by atoms with Crippen molar-refractivity contribution in [2.24, 2.45) is 5.41 Å². The summed E-state index contributed by atoms with van der Waals surface area (Å²) in [5.41, 5.74) is 3.11. The summed E-state index contributed by atoms with van der Waals surface area (Å²) in [6, 6.07) is 19.5. The van der Waals surface area contributed by atoms with Crippen LogP contribution in [0.25, 0.3) is 22.3 Å². The Labute approximate surface area is 217 Å². The van der Waals surface area contributed by atoms with Gasteiger partial charge >= 0.3 is 17.9 Å². The van der Waals surface area contributed by atoms with Crippen molar-refractivity contribution < 1.29 is 28.6 Å². The highest BCUT2D eigenvalue weighted by Crippen LogP contribution is 2.36. The van der Waals surface area contributed by atoms with Crippen molar-refractivity contribution in [1.29, 1.82) is 0 Å². The smallest absolute Gasteiger partial charge is 0.338 e. The molecule has 0 atom stereocenters. The van der Waals surface area contributed by atoms with Crippen LogP contribution in [0.15, 0.2) is 91.0 Å². The van der Waals surface area contributed by atoms with E-state index in [0.717, 1.165) is 16.7 Å². The van der Waals surface area contributed by atoms with Crippen LogP contribution >= 0.6 is 0 Å². The Morgan fingerprint density at radius 3 is 1.49 bits per heavy atom. The summed E-state index contributed by atoms with van der Waals surface area (Å²) in [7, 11) is 0. The molecule has 37 heavy (non-hydrogen) atoms. The Hall–Kier alpha value is -4.45. The minimum Gasteiger partial charge on any atom is -0.425 e. The maximum absolute atomic E-state index is 12.6. The largest absolute Gasteiger partial charge is 0.425 e. The van der Waals surface area contributed by atoms with Gasteiger partial charge < -0.3 is 14.2 Å². The fourth-order valence-electron chi connectivity index (χ4n) is 3.08. The third kappa shape index (κ3) is 7.04. The predicted molar refractivity (Wildman–Crippen MR) is 143 cm³/mol. The molecule has 6 nitrogen and oxygen atoms in total. The van der Waals surface area contributed by atoms with Crippen molar-refractivity contribution >= 4 is 17.9 Å². The molecule has 3 aromatic carbocycles. The summed E-state index contributed by atoms with van der Waals surface area (Å²) >= 11 is 0. The first-order valence-electron chi connectivity index (χ1n) is 11.7.